The number of rotatable bonds is 5. The Morgan fingerprint density at radius 2 is 2.05 bits per heavy atom. The van der Waals surface area contributed by atoms with Crippen molar-refractivity contribution in [2.75, 3.05) is 18.9 Å². The van der Waals surface area contributed by atoms with Crippen LogP contribution in [0.15, 0.2) is 18.2 Å². The first-order chi connectivity index (χ1) is 8.90. The summed E-state index contributed by atoms with van der Waals surface area (Å²) in [5.74, 6) is -2.36. The second-order valence-corrected chi connectivity index (χ2v) is 3.97. The first-order valence-electron chi connectivity index (χ1n) is 5.59. The zero-order valence-electron chi connectivity index (χ0n) is 10.3. The monoisotopic (exact) mass is 272 g/mol. The molecule has 0 saturated heterocycles. The molecular formula is C12H14F2N2O3. The summed E-state index contributed by atoms with van der Waals surface area (Å²) in [6.45, 7) is 0.203. The van der Waals surface area contributed by atoms with E-state index in [0.717, 1.165) is 18.2 Å². The van der Waals surface area contributed by atoms with Gasteiger partial charge in [0, 0.05) is 26.1 Å². The highest BCUT2D eigenvalue weighted by Crippen LogP contribution is 2.15. The molecule has 0 heterocycles. The number of anilines is 1. The number of carbonyl (C=O) groups excluding carboxylic acids is 1. The van der Waals surface area contributed by atoms with Gasteiger partial charge in [0.2, 0.25) is 0 Å². The Morgan fingerprint density at radius 3 is 2.68 bits per heavy atom. The van der Waals surface area contributed by atoms with Crippen LogP contribution in [0.2, 0.25) is 0 Å². The Bertz CT molecular complexity index is 480. The third-order valence-electron chi connectivity index (χ3n) is 2.40. The third-order valence-corrected chi connectivity index (χ3v) is 2.40. The molecule has 0 spiro atoms. The summed E-state index contributed by atoms with van der Waals surface area (Å²) in [7, 11) is 1.44. The minimum Gasteiger partial charge on any atom is -0.481 e. The molecule has 0 aliphatic carbocycles. The molecule has 2 N–H and O–H groups in total. The molecule has 0 aliphatic heterocycles. The number of carboxylic acids is 1. The summed E-state index contributed by atoms with van der Waals surface area (Å²) >= 11 is 0. The van der Waals surface area contributed by atoms with E-state index in [-0.39, 0.29) is 25.1 Å². The van der Waals surface area contributed by atoms with Gasteiger partial charge in [-0.05, 0) is 18.6 Å². The molecule has 7 heteroatoms. The molecule has 0 unspecified atom stereocenters. The standard InChI is InChI=1S/C12H14F2N2O3/c1-16(6-2-3-11(17)18)12(19)15-10-7-8(13)4-5-9(10)14/h4-5,7H,2-3,6H2,1H3,(H,15,19)(H,17,18). The number of hydrogen-bond acceptors (Lipinski definition) is 2. The Labute approximate surface area is 108 Å². The van der Waals surface area contributed by atoms with Crippen LogP contribution in [-0.2, 0) is 4.79 Å². The summed E-state index contributed by atoms with van der Waals surface area (Å²) in [6.07, 6.45) is 0.219. The van der Waals surface area contributed by atoms with Crippen LogP contribution in [-0.4, -0.2) is 35.6 Å². The maximum atomic E-state index is 13.3. The van der Waals surface area contributed by atoms with Crippen LogP contribution in [0.25, 0.3) is 0 Å². The van der Waals surface area contributed by atoms with Gasteiger partial charge in [-0.1, -0.05) is 0 Å². The maximum absolute atomic E-state index is 13.3. The molecule has 0 aromatic heterocycles. The van der Waals surface area contributed by atoms with E-state index in [0.29, 0.717) is 0 Å². The fraction of sp³-hybridized carbons (Fsp3) is 0.333. The fourth-order valence-corrected chi connectivity index (χ4v) is 1.37. The number of carboxylic acid groups (broad SMARTS) is 1. The highest BCUT2D eigenvalue weighted by Gasteiger charge is 2.12. The second-order valence-electron chi connectivity index (χ2n) is 3.97. The molecule has 1 aromatic rings. The van der Waals surface area contributed by atoms with Crippen LogP contribution in [0.5, 0.6) is 0 Å². The van der Waals surface area contributed by atoms with Crippen molar-refractivity contribution in [3.8, 4) is 0 Å². The van der Waals surface area contributed by atoms with Crippen molar-refractivity contribution in [1.82, 2.24) is 4.90 Å². The summed E-state index contributed by atoms with van der Waals surface area (Å²) in [6, 6.07) is 2.10. The zero-order chi connectivity index (χ0) is 14.4. The number of hydrogen-bond donors (Lipinski definition) is 2. The van der Waals surface area contributed by atoms with Crippen molar-refractivity contribution in [2.45, 2.75) is 12.8 Å². The van der Waals surface area contributed by atoms with E-state index in [9.17, 15) is 18.4 Å². The summed E-state index contributed by atoms with van der Waals surface area (Å²) in [5.41, 5.74) is -0.255. The largest absolute Gasteiger partial charge is 0.481 e. The normalized spacial score (nSPS) is 10.1. The van der Waals surface area contributed by atoms with Gasteiger partial charge in [-0.15, -0.1) is 0 Å². The predicted molar refractivity (Wildman–Crippen MR) is 64.9 cm³/mol. The average molecular weight is 272 g/mol. The quantitative estimate of drug-likeness (QED) is 0.864. The van der Waals surface area contributed by atoms with E-state index < -0.39 is 23.6 Å². The van der Waals surface area contributed by atoms with Gasteiger partial charge in [0.15, 0.2) is 0 Å². The summed E-state index contributed by atoms with van der Waals surface area (Å²) in [4.78, 5) is 23.1. The van der Waals surface area contributed by atoms with Gasteiger partial charge in [-0.25, -0.2) is 13.6 Å². The lowest BCUT2D eigenvalue weighted by Crippen LogP contribution is -2.32. The van der Waals surface area contributed by atoms with E-state index in [2.05, 4.69) is 5.32 Å². The van der Waals surface area contributed by atoms with E-state index in [1.54, 1.807) is 0 Å². The molecule has 0 fully saturated rings. The first kappa shape index (κ1) is 14.9. The fourth-order valence-electron chi connectivity index (χ4n) is 1.37. The van der Waals surface area contributed by atoms with Gasteiger partial charge in [0.05, 0.1) is 5.69 Å². The molecule has 1 rings (SSSR count). The molecule has 19 heavy (non-hydrogen) atoms. The van der Waals surface area contributed by atoms with Crippen LogP contribution < -0.4 is 5.32 Å². The molecule has 0 saturated carbocycles. The van der Waals surface area contributed by atoms with Crippen molar-refractivity contribution in [3.05, 3.63) is 29.8 Å². The molecule has 0 bridgehead atoms. The number of aliphatic carboxylic acids is 1. The number of nitrogens with zero attached hydrogens (tertiary/aromatic N) is 1. The van der Waals surface area contributed by atoms with Crippen molar-refractivity contribution in [2.24, 2.45) is 0 Å². The van der Waals surface area contributed by atoms with Gasteiger partial charge in [0.25, 0.3) is 0 Å². The predicted octanol–water partition coefficient (Wildman–Crippen LogP) is 2.29. The number of urea groups is 1. The lowest BCUT2D eigenvalue weighted by molar-refractivity contribution is -0.137. The molecular weight excluding hydrogens is 258 g/mol. The Balaban J connectivity index is 2.54. The minimum absolute atomic E-state index is 0.0635. The highest BCUT2D eigenvalue weighted by atomic mass is 19.1. The van der Waals surface area contributed by atoms with Crippen molar-refractivity contribution < 1.29 is 23.5 Å². The Morgan fingerprint density at radius 1 is 1.37 bits per heavy atom. The minimum atomic E-state index is -0.954. The molecule has 0 radical (unpaired) electrons. The van der Waals surface area contributed by atoms with Crippen molar-refractivity contribution in [3.63, 3.8) is 0 Å². The van der Waals surface area contributed by atoms with Crippen LogP contribution in [0, 0.1) is 11.6 Å². The van der Waals surface area contributed by atoms with Gasteiger partial charge in [-0.3, -0.25) is 4.79 Å². The van der Waals surface area contributed by atoms with Crippen molar-refractivity contribution >= 4 is 17.7 Å². The lowest BCUT2D eigenvalue weighted by Gasteiger charge is -2.17. The number of nitrogens with one attached hydrogen (secondary N) is 1. The van der Waals surface area contributed by atoms with Gasteiger partial charge in [0.1, 0.15) is 11.6 Å². The summed E-state index contributed by atoms with van der Waals surface area (Å²) < 4.78 is 26.2. The van der Waals surface area contributed by atoms with E-state index >= 15 is 0 Å². The molecule has 1 aromatic carbocycles. The van der Waals surface area contributed by atoms with Crippen LogP contribution in [0.1, 0.15) is 12.8 Å². The molecule has 5 nitrogen and oxygen atoms in total. The summed E-state index contributed by atoms with van der Waals surface area (Å²) in [5, 5.41) is 10.7. The average Bonchev–Trinajstić information content (AvgIpc) is 2.33. The first-order valence-corrected chi connectivity index (χ1v) is 5.59. The number of halogens is 2. The molecule has 104 valence electrons. The molecule has 0 atom stereocenters. The van der Waals surface area contributed by atoms with Gasteiger partial charge < -0.3 is 15.3 Å². The number of benzene rings is 1. The molecule has 2 amide bonds. The topological polar surface area (TPSA) is 69.6 Å². The maximum Gasteiger partial charge on any atom is 0.321 e. The smallest absolute Gasteiger partial charge is 0.321 e. The third kappa shape index (κ3) is 4.90. The zero-order valence-corrected chi connectivity index (χ0v) is 10.3. The van der Waals surface area contributed by atoms with Gasteiger partial charge in [-0.2, -0.15) is 0 Å². The van der Waals surface area contributed by atoms with Crippen LogP contribution >= 0.6 is 0 Å². The van der Waals surface area contributed by atoms with E-state index in [1.807, 2.05) is 0 Å². The number of amides is 2. The number of carbonyl (C=O) groups is 2. The Hall–Kier alpha value is -2.18. The van der Waals surface area contributed by atoms with Crippen LogP contribution in [0.3, 0.4) is 0 Å². The Kier molecular flexibility index (Phi) is 5.23. The van der Waals surface area contributed by atoms with E-state index in [4.69, 9.17) is 5.11 Å². The van der Waals surface area contributed by atoms with Crippen molar-refractivity contribution in [1.29, 1.82) is 0 Å². The SMILES string of the molecule is CN(CCCC(=O)O)C(=O)Nc1cc(F)ccc1F. The lowest BCUT2D eigenvalue weighted by atomic mass is 10.3. The van der Waals surface area contributed by atoms with Crippen LogP contribution in [0.4, 0.5) is 19.3 Å². The van der Waals surface area contributed by atoms with Gasteiger partial charge >= 0.3 is 12.0 Å². The molecule has 0 aliphatic rings. The van der Waals surface area contributed by atoms with E-state index in [1.165, 1.54) is 11.9 Å². The second kappa shape index (κ2) is 6.67. The highest BCUT2D eigenvalue weighted by molar-refractivity contribution is 5.89.